The van der Waals surface area contributed by atoms with Crippen LogP contribution in [0.5, 0.6) is 0 Å². The zero-order chi connectivity index (χ0) is 12.7. The summed E-state index contributed by atoms with van der Waals surface area (Å²) in [5.41, 5.74) is 1.78. The molecular weight excluding hydrogens is 250 g/mol. The lowest BCUT2D eigenvalue weighted by atomic mass is 10.1. The summed E-state index contributed by atoms with van der Waals surface area (Å²) >= 11 is 0. The fourth-order valence-electron chi connectivity index (χ4n) is 1.50. The lowest BCUT2D eigenvalue weighted by Crippen LogP contribution is -2.16. The van der Waals surface area contributed by atoms with E-state index in [0.717, 1.165) is 19.0 Å². The number of carbonyl (C=O) groups is 1. The fraction of sp³-hybridized carbons (Fsp3) is 0.500. The number of carbonyl (C=O) groups excluding carboxylic acids is 1. The molecule has 0 atom stereocenters. The molecule has 0 fully saturated rings. The van der Waals surface area contributed by atoms with Gasteiger partial charge in [0.1, 0.15) is 0 Å². The molecule has 0 heterocycles. The van der Waals surface area contributed by atoms with Crippen LogP contribution in [0.3, 0.4) is 0 Å². The van der Waals surface area contributed by atoms with Gasteiger partial charge in [0.2, 0.25) is 0 Å². The minimum atomic E-state index is -0.288. The van der Waals surface area contributed by atoms with E-state index in [0.29, 0.717) is 5.56 Å². The summed E-state index contributed by atoms with van der Waals surface area (Å²) in [6, 6.07) is 7.50. The highest BCUT2D eigenvalue weighted by Gasteiger charge is 2.03. The molecule has 0 aliphatic carbocycles. The van der Waals surface area contributed by atoms with Crippen molar-refractivity contribution in [3.63, 3.8) is 0 Å². The Kier molecular flexibility index (Phi) is 8.42. The van der Waals surface area contributed by atoms with Gasteiger partial charge in [0.25, 0.3) is 0 Å². The summed E-state index contributed by atoms with van der Waals surface area (Å²) < 4.78 is 4.65. The number of methoxy groups -OCH3 is 1. The van der Waals surface area contributed by atoms with Crippen LogP contribution < -0.4 is 5.32 Å². The molecule has 1 aromatic rings. The van der Waals surface area contributed by atoms with Crippen LogP contribution in [0.1, 0.15) is 36.2 Å². The normalized spacial score (nSPS) is 10.0. The Labute approximate surface area is 115 Å². The van der Waals surface area contributed by atoms with Crippen LogP contribution in [0.15, 0.2) is 24.3 Å². The third-order valence-corrected chi connectivity index (χ3v) is 2.60. The summed E-state index contributed by atoms with van der Waals surface area (Å²) in [5, 5.41) is 3.38. The smallest absolute Gasteiger partial charge is 0.337 e. The van der Waals surface area contributed by atoms with E-state index in [-0.39, 0.29) is 18.4 Å². The van der Waals surface area contributed by atoms with Gasteiger partial charge >= 0.3 is 5.97 Å². The van der Waals surface area contributed by atoms with Crippen molar-refractivity contribution < 1.29 is 9.53 Å². The van der Waals surface area contributed by atoms with Gasteiger partial charge < -0.3 is 10.1 Å². The Bertz CT molecular complexity index is 349. The summed E-state index contributed by atoms with van der Waals surface area (Å²) in [6.07, 6.45) is 1.18. The van der Waals surface area contributed by atoms with Crippen molar-refractivity contribution in [1.29, 1.82) is 0 Å². The lowest BCUT2D eigenvalue weighted by Gasteiger charge is -2.07. The zero-order valence-corrected chi connectivity index (χ0v) is 12.0. The van der Waals surface area contributed by atoms with Gasteiger partial charge in [-0.25, -0.2) is 4.79 Å². The second-order valence-electron chi connectivity index (χ2n) is 4.55. The average molecular weight is 272 g/mol. The van der Waals surface area contributed by atoms with Crippen LogP contribution in [-0.2, 0) is 11.3 Å². The van der Waals surface area contributed by atoms with Crippen molar-refractivity contribution in [3.8, 4) is 0 Å². The Morgan fingerprint density at radius 3 is 2.39 bits per heavy atom. The van der Waals surface area contributed by atoms with Crippen molar-refractivity contribution in [2.75, 3.05) is 13.7 Å². The molecule has 1 rings (SSSR count). The first kappa shape index (κ1) is 16.9. The summed E-state index contributed by atoms with van der Waals surface area (Å²) in [7, 11) is 1.39. The summed E-state index contributed by atoms with van der Waals surface area (Å²) in [6.45, 7) is 6.30. The first-order valence-corrected chi connectivity index (χ1v) is 6.01. The predicted octanol–water partition coefficient (Wildman–Crippen LogP) is 3.03. The van der Waals surface area contributed by atoms with Crippen LogP contribution in [0.4, 0.5) is 0 Å². The Morgan fingerprint density at radius 1 is 1.28 bits per heavy atom. The highest BCUT2D eigenvalue weighted by Crippen LogP contribution is 2.05. The SMILES string of the molecule is COC(=O)c1ccc(CNCCC(C)C)cc1.Cl. The monoisotopic (exact) mass is 271 g/mol. The summed E-state index contributed by atoms with van der Waals surface area (Å²) in [4.78, 5) is 11.2. The molecule has 1 aromatic carbocycles. The number of ether oxygens (including phenoxy) is 1. The molecule has 0 unspecified atom stereocenters. The standard InChI is InChI=1S/C14H21NO2.ClH/c1-11(2)8-9-15-10-12-4-6-13(7-5-12)14(16)17-3;/h4-7,11,15H,8-10H2,1-3H3;1H. The van der Waals surface area contributed by atoms with Gasteiger partial charge in [0.05, 0.1) is 12.7 Å². The van der Waals surface area contributed by atoms with Crippen molar-refractivity contribution in [3.05, 3.63) is 35.4 Å². The molecule has 3 nitrogen and oxygen atoms in total. The van der Waals surface area contributed by atoms with Gasteiger partial charge in [-0.15, -0.1) is 12.4 Å². The van der Waals surface area contributed by atoms with Crippen molar-refractivity contribution in [2.45, 2.75) is 26.8 Å². The zero-order valence-electron chi connectivity index (χ0n) is 11.2. The maximum absolute atomic E-state index is 11.2. The van der Waals surface area contributed by atoms with Gasteiger partial charge in [0.15, 0.2) is 0 Å². The topological polar surface area (TPSA) is 38.3 Å². The highest BCUT2D eigenvalue weighted by molar-refractivity contribution is 5.89. The molecular formula is C14H22ClNO2. The van der Waals surface area contributed by atoms with Gasteiger partial charge in [-0.1, -0.05) is 26.0 Å². The Hall–Kier alpha value is -1.06. The van der Waals surface area contributed by atoms with Crippen LogP contribution in [0, 0.1) is 5.92 Å². The van der Waals surface area contributed by atoms with E-state index < -0.39 is 0 Å². The molecule has 0 aromatic heterocycles. The molecule has 0 aliphatic heterocycles. The van der Waals surface area contributed by atoms with E-state index in [1.54, 1.807) is 12.1 Å². The molecule has 0 amide bonds. The fourth-order valence-corrected chi connectivity index (χ4v) is 1.50. The van der Waals surface area contributed by atoms with Crippen LogP contribution in [0.2, 0.25) is 0 Å². The Balaban J connectivity index is 0.00000289. The minimum Gasteiger partial charge on any atom is -0.465 e. The number of benzene rings is 1. The number of halogens is 1. The van der Waals surface area contributed by atoms with E-state index in [4.69, 9.17) is 0 Å². The Morgan fingerprint density at radius 2 is 1.89 bits per heavy atom. The van der Waals surface area contributed by atoms with Crippen molar-refractivity contribution in [2.24, 2.45) is 5.92 Å². The number of hydrogen-bond acceptors (Lipinski definition) is 3. The third kappa shape index (κ3) is 6.03. The molecule has 102 valence electrons. The number of nitrogens with one attached hydrogen (secondary N) is 1. The van der Waals surface area contributed by atoms with E-state index >= 15 is 0 Å². The molecule has 0 aliphatic rings. The van der Waals surface area contributed by atoms with Crippen LogP contribution in [-0.4, -0.2) is 19.6 Å². The molecule has 18 heavy (non-hydrogen) atoms. The highest BCUT2D eigenvalue weighted by atomic mass is 35.5. The van der Waals surface area contributed by atoms with E-state index in [1.807, 2.05) is 12.1 Å². The second kappa shape index (κ2) is 8.95. The minimum absolute atomic E-state index is 0. The first-order valence-electron chi connectivity index (χ1n) is 6.01. The average Bonchev–Trinajstić information content (AvgIpc) is 2.34. The van der Waals surface area contributed by atoms with Crippen molar-refractivity contribution >= 4 is 18.4 Å². The van der Waals surface area contributed by atoms with Gasteiger partial charge in [-0.2, -0.15) is 0 Å². The van der Waals surface area contributed by atoms with Crippen LogP contribution >= 0.6 is 12.4 Å². The molecule has 0 saturated carbocycles. The van der Waals surface area contributed by atoms with E-state index in [1.165, 1.54) is 19.1 Å². The van der Waals surface area contributed by atoms with E-state index in [9.17, 15) is 4.79 Å². The molecule has 0 radical (unpaired) electrons. The largest absolute Gasteiger partial charge is 0.465 e. The van der Waals surface area contributed by atoms with Crippen molar-refractivity contribution in [1.82, 2.24) is 5.32 Å². The molecule has 0 spiro atoms. The van der Waals surface area contributed by atoms with Gasteiger partial charge in [-0.3, -0.25) is 0 Å². The molecule has 1 N–H and O–H groups in total. The van der Waals surface area contributed by atoms with Crippen LogP contribution in [0.25, 0.3) is 0 Å². The molecule has 0 saturated heterocycles. The maximum Gasteiger partial charge on any atom is 0.337 e. The summed E-state index contributed by atoms with van der Waals surface area (Å²) in [5.74, 6) is 0.438. The maximum atomic E-state index is 11.2. The molecule has 4 heteroatoms. The first-order chi connectivity index (χ1) is 8.13. The lowest BCUT2D eigenvalue weighted by molar-refractivity contribution is 0.0600. The van der Waals surface area contributed by atoms with Gasteiger partial charge in [-0.05, 0) is 36.6 Å². The molecule has 0 bridgehead atoms. The predicted molar refractivity (Wildman–Crippen MR) is 76.2 cm³/mol. The second-order valence-corrected chi connectivity index (χ2v) is 4.55. The van der Waals surface area contributed by atoms with E-state index in [2.05, 4.69) is 23.9 Å². The number of rotatable bonds is 6. The number of esters is 1. The van der Waals surface area contributed by atoms with Gasteiger partial charge in [0, 0.05) is 6.54 Å². The quantitative estimate of drug-likeness (QED) is 0.638. The number of hydrogen-bond donors (Lipinski definition) is 1. The third-order valence-electron chi connectivity index (χ3n) is 2.60.